The Balaban J connectivity index is 1.76. The van der Waals surface area contributed by atoms with E-state index >= 15 is 0 Å². The van der Waals surface area contributed by atoms with Gasteiger partial charge in [0.1, 0.15) is 5.82 Å². The predicted octanol–water partition coefficient (Wildman–Crippen LogP) is 3.06. The Kier molecular flexibility index (Phi) is 4.48. The second-order valence-corrected chi connectivity index (χ2v) is 5.65. The number of ether oxygens (including phenoxy) is 1. The summed E-state index contributed by atoms with van der Waals surface area (Å²) in [5, 5.41) is 2.87. The van der Waals surface area contributed by atoms with Gasteiger partial charge >= 0.3 is 0 Å². The maximum Gasteiger partial charge on any atom is 0.231 e. The van der Waals surface area contributed by atoms with Crippen molar-refractivity contribution in [3.63, 3.8) is 0 Å². The van der Waals surface area contributed by atoms with Crippen molar-refractivity contribution in [3.8, 4) is 11.4 Å². The molecule has 3 rings (SSSR count). The monoisotopic (exact) mass is 309 g/mol. The summed E-state index contributed by atoms with van der Waals surface area (Å²) in [6.07, 6.45) is 2.12. The van der Waals surface area contributed by atoms with E-state index in [0.717, 1.165) is 11.1 Å². The van der Waals surface area contributed by atoms with Crippen molar-refractivity contribution in [3.05, 3.63) is 54.7 Å². The summed E-state index contributed by atoms with van der Waals surface area (Å²) < 4.78 is 5.59. The highest BCUT2D eigenvalue weighted by atomic mass is 16.5. The maximum atomic E-state index is 12.5. The lowest BCUT2D eigenvalue weighted by molar-refractivity contribution is -0.120. The van der Waals surface area contributed by atoms with Gasteiger partial charge in [-0.2, -0.15) is 0 Å². The van der Waals surface area contributed by atoms with Gasteiger partial charge in [-0.3, -0.25) is 4.79 Å². The van der Waals surface area contributed by atoms with Gasteiger partial charge in [0.05, 0.1) is 12.0 Å². The van der Waals surface area contributed by atoms with Crippen molar-refractivity contribution in [2.75, 3.05) is 11.9 Å². The Morgan fingerprint density at radius 3 is 2.83 bits per heavy atom. The number of hydrogen-bond acceptors (Lipinski definition) is 4. The Labute approximate surface area is 135 Å². The van der Waals surface area contributed by atoms with Crippen molar-refractivity contribution in [1.82, 2.24) is 9.97 Å². The summed E-state index contributed by atoms with van der Waals surface area (Å²) in [5.74, 6) is 0.773. The highest BCUT2D eigenvalue weighted by Gasteiger charge is 2.34. The normalized spacial score (nSPS) is 20.2. The molecule has 0 spiro atoms. The molecular formula is C18H19N3O2. The SMILES string of the molecule is C=C(C)[C@@H]1OCC[C@@H]1C(=O)Nc1ccnc(-c2ccccc2)n1. The number of benzene rings is 1. The summed E-state index contributed by atoms with van der Waals surface area (Å²) in [5.41, 5.74) is 1.78. The molecule has 1 aromatic heterocycles. The van der Waals surface area contributed by atoms with E-state index < -0.39 is 0 Å². The first-order valence-corrected chi connectivity index (χ1v) is 7.61. The molecular weight excluding hydrogens is 290 g/mol. The second kappa shape index (κ2) is 6.71. The molecule has 1 aliphatic heterocycles. The summed E-state index contributed by atoms with van der Waals surface area (Å²) in [7, 11) is 0. The number of carbonyl (C=O) groups excluding carboxylic acids is 1. The number of nitrogens with one attached hydrogen (secondary N) is 1. The highest BCUT2D eigenvalue weighted by molar-refractivity contribution is 5.92. The summed E-state index contributed by atoms with van der Waals surface area (Å²) in [6, 6.07) is 11.4. The predicted molar refractivity (Wildman–Crippen MR) is 88.8 cm³/mol. The van der Waals surface area contributed by atoms with Gasteiger partial charge in [0.15, 0.2) is 5.82 Å². The van der Waals surface area contributed by atoms with Gasteiger partial charge in [-0.05, 0) is 19.4 Å². The molecule has 0 aliphatic carbocycles. The molecule has 118 valence electrons. The van der Waals surface area contributed by atoms with Gasteiger partial charge in [0.2, 0.25) is 5.91 Å². The van der Waals surface area contributed by atoms with Crippen LogP contribution in [0.25, 0.3) is 11.4 Å². The van der Waals surface area contributed by atoms with Gasteiger partial charge < -0.3 is 10.1 Å². The van der Waals surface area contributed by atoms with Crippen LogP contribution in [0.5, 0.6) is 0 Å². The number of rotatable bonds is 4. The van der Waals surface area contributed by atoms with Crippen LogP contribution in [0.3, 0.4) is 0 Å². The third-order valence-electron chi connectivity index (χ3n) is 3.85. The lowest BCUT2D eigenvalue weighted by atomic mass is 9.96. The average Bonchev–Trinajstić information content (AvgIpc) is 3.06. The highest BCUT2D eigenvalue weighted by Crippen LogP contribution is 2.27. The molecule has 1 aliphatic rings. The van der Waals surface area contributed by atoms with Crippen LogP contribution in [0.4, 0.5) is 5.82 Å². The van der Waals surface area contributed by atoms with E-state index in [1.807, 2.05) is 37.3 Å². The third kappa shape index (κ3) is 3.46. The summed E-state index contributed by atoms with van der Waals surface area (Å²) in [4.78, 5) is 21.2. The number of anilines is 1. The standard InChI is InChI=1S/C18H19N3O2/c1-12(2)16-14(9-11-23-16)18(22)21-15-8-10-19-17(20-15)13-6-4-3-5-7-13/h3-8,10,14,16H,1,9,11H2,2H3,(H,19,20,21,22)/t14-,16-/m0/s1. The van der Waals surface area contributed by atoms with Crippen LogP contribution in [0.15, 0.2) is 54.7 Å². The van der Waals surface area contributed by atoms with Gasteiger partial charge in [-0.25, -0.2) is 9.97 Å². The summed E-state index contributed by atoms with van der Waals surface area (Å²) >= 11 is 0. The molecule has 5 nitrogen and oxygen atoms in total. The first kappa shape index (κ1) is 15.4. The minimum Gasteiger partial charge on any atom is -0.373 e. The minimum atomic E-state index is -0.220. The summed E-state index contributed by atoms with van der Waals surface area (Å²) in [6.45, 7) is 6.36. The Hall–Kier alpha value is -2.53. The van der Waals surface area contributed by atoms with E-state index in [2.05, 4.69) is 21.9 Å². The molecule has 0 radical (unpaired) electrons. The van der Waals surface area contributed by atoms with Crippen LogP contribution < -0.4 is 5.32 Å². The van der Waals surface area contributed by atoms with Crippen molar-refractivity contribution in [2.45, 2.75) is 19.4 Å². The second-order valence-electron chi connectivity index (χ2n) is 5.65. The molecule has 23 heavy (non-hydrogen) atoms. The smallest absolute Gasteiger partial charge is 0.231 e. The van der Waals surface area contributed by atoms with Crippen molar-refractivity contribution in [2.24, 2.45) is 5.92 Å². The molecule has 1 saturated heterocycles. The van der Waals surface area contributed by atoms with Crippen molar-refractivity contribution < 1.29 is 9.53 Å². The first-order valence-electron chi connectivity index (χ1n) is 7.61. The molecule has 1 amide bonds. The average molecular weight is 309 g/mol. The molecule has 0 unspecified atom stereocenters. The zero-order chi connectivity index (χ0) is 16.2. The van der Waals surface area contributed by atoms with Crippen molar-refractivity contribution in [1.29, 1.82) is 0 Å². The number of hydrogen-bond donors (Lipinski definition) is 1. The van der Waals surface area contributed by atoms with E-state index in [0.29, 0.717) is 24.7 Å². The fraction of sp³-hybridized carbons (Fsp3) is 0.278. The topological polar surface area (TPSA) is 64.1 Å². The first-order chi connectivity index (χ1) is 11.1. The molecule has 1 aromatic carbocycles. The van der Waals surface area contributed by atoms with E-state index in [1.54, 1.807) is 12.3 Å². The fourth-order valence-electron chi connectivity index (χ4n) is 2.72. The molecule has 2 atom stereocenters. The third-order valence-corrected chi connectivity index (χ3v) is 3.85. The van der Waals surface area contributed by atoms with Crippen LogP contribution >= 0.6 is 0 Å². The Bertz CT molecular complexity index is 715. The molecule has 1 fully saturated rings. The van der Waals surface area contributed by atoms with E-state index in [4.69, 9.17) is 4.74 Å². The number of amides is 1. The Morgan fingerprint density at radius 2 is 2.09 bits per heavy atom. The van der Waals surface area contributed by atoms with Crippen LogP contribution in [-0.4, -0.2) is 28.6 Å². The molecule has 1 N–H and O–H groups in total. The lowest BCUT2D eigenvalue weighted by Gasteiger charge is -2.17. The van der Waals surface area contributed by atoms with E-state index in [9.17, 15) is 4.79 Å². The molecule has 0 saturated carbocycles. The number of carbonyl (C=O) groups is 1. The van der Waals surface area contributed by atoms with E-state index in [-0.39, 0.29) is 17.9 Å². The van der Waals surface area contributed by atoms with Crippen LogP contribution in [0.2, 0.25) is 0 Å². The zero-order valence-corrected chi connectivity index (χ0v) is 13.0. The number of aromatic nitrogens is 2. The van der Waals surface area contributed by atoms with Gasteiger partial charge in [-0.15, -0.1) is 0 Å². The largest absolute Gasteiger partial charge is 0.373 e. The van der Waals surface area contributed by atoms with Gasteiger partial charge in [-0.1, -0.05) is 42.5 Å². The van der Waals surface area contributed by atoms with Gasteiger partial charge in [0, 0.05) is 18.4 Å². The van der Waals surface area contributed by atoms with Gasteiger partial charge in [0.25, 0.3) is 0 Å². The molecule has 2 heterocycles. The van der Waals surface area contributed by atoms with Crippen molar-refractivity contribution >= 4 is 11.7 Å². The molecule has 0 bridgehead atoms. The zero-order valence-electron chi connectivity index (χ0n) is 13.0. The maximum absolute atomic E-state index is 12.5. The number of nitrogens with zero attached hydrogens (tertiary/aromatic N) is 2. The van der Waals surface area contributed by atoms with E-state index in [1.165, 1.54) is 0 Å². The fourth-order valence-corrected chi connectivity index (χ4v) is 2.72. The Morgan fingerprint density at radius 1 is 1.30 bits per heavy atom. The lowest BCUT2D eigenvalue weighted by Crippen LogP contribution is -2.30. The minimum absolute atomic E-state index is 0.0896. The van der Waals surface area contributed by atoms with Crippen LogP contribution in [0.1, 0.15) is 13.3 Å². The quantitative estimate of drug-likeness (QED) is 0.882. The van der Waals surface area contributed by atoms with Crippen LogP contribution in [-0.2, 0) is 9.53 Å². The van der Waals surface area contributed by atoms with Crippen LogP contribution in [0, 0.1) is 5.92 Å². The molecule has 2 aromatic rings. The molecule has 5 heteroatoms.